The Balaban J connectivity index is 1.50. The Morgan fingerprint density at radius 3 is 2.65 bits per heavy atom. The normalized spacial score (nSPS) is 11.6. The number of amides is 1. The predicted molar refractivity (Wildman–Crippen MR) is 148 cm³/mol. The van der Waals surface area contributed by atoms with Gasteiger partial charge in [-0.1, -0.05) is 69.7 Å². The summed E-state index contributed by atoms with van der Waals surface area (Å²) in [6.45, 7) is 0. The van der Waals surface area contributed by atoms with Crippen LogP contribution in [0.2, 0.25) is 0 Å². The van der Waals surface area contributed by atoms with Crippen LogP contribution in [0.3, 0.4) is 0 Å². The van der Waals surface area contributed by atoms with Crippen LogP contribution in [0.4, 0.5) is 9.52 Å². The van der Waals surface area contributed by atoms with Gasteiger partial charge in [0, 0.05) is 9.86 Å². The number of halogens is 2. The number of hydrogen-bond donors (Lipinski definition) is 0. The second-order valence-corrected chi connectivity index (χ2v) is 10.1. The number of rotatable bonds is 4. The summed E-state index contributed by atoms with van der Waals surface area (Å²) in [5.41, 5.74) is 0.630. The molecule has 180 valence electrons. The third-order valence-electron chi connectivity index (χ3n) is 5.78. The van der Waals surface area contributed by atoms with Gasteiger partial charge in [-0.15, -0.1) is 0 Å². The third kappa shape index (κ3) is 4.43. The molecule has 0 fully saturated rings. The van der Waals surface area contributed by atoms with Crippen LogP contribution in [0.25, 0.3) is 32.0 Å². The number of benzene rings is 4. The molecule has 2 heterocycles. The summed E-state index contributed by atoms with van der Waals surface area (Å²) in [7, 11) is 0. The Morgan fingerprint density at radius 1 is 1.00 bits per heavy atom. The number of carbonyl (C=O) groups excluding carboxylic acids is 1. The Labute approximate surface area is 221 Å². The van der Waals surface area contributed by atoms with Crippen LogP contribution in [-0.2, 0) is 0 Å². The highest BCUT2D eigenvalue weighted by molar-refractivity contribution is 9.10. The number of hydrogen-bond acceptors (Lipinski definition) is 6. The van der Waals surface area contributed by atoms with Crippen molar-refractivity contribution in [3.8, 4) is 0 Å². The Hall–Kier alpha value is -4.21. The minimum Gasteiger partial charge on any atom is -0.422 e. The van der Waals surface area contributed by atoms with E-state index in [9.17, 15) is 14.0 Å². The molecule has 0 radical (unpaired) electrons. The number of anilines is 1. The van der Waals surface area contributed by atoms with Gasteiger partial charge in [-0.2, -0.15) is 10.1 Å². The van der Waals surface area contributed by atoms with Crippen LogP contribution in [0.1, 0.15) is 15.9 Å². The van der Waals surface area contributed by atoms with Gasteiger partial charge < -0.3 is 4.42 Å². The van der Waals surface area contributed by atoms with Gasteiger partial charge in [0.25, 0.3) is 5.91 Å². The molecule has 9 heteroatoms. The molecule has 0 aliphatic rings. The number of nitrogens with zero attached hydrogens (tertiary/aromatic N) is 3. The molecule has 0 unspecified atom stereocenters. The van der Waals surface area contributed by atoms with E-state index < -0.39 is 17.3 Å². The summed E-state index contributed by atoms with van der Waals surface area (Å²) in [6.07, 6.45) is 1.50. The maximum Gasteiger partial charge on any atom is 0.349 e. The molecule has 0 atom stereocenters. The number of carbonyl (C=O) groups is 1. The van der Waals surface area contributed by atoms with Gasteiger partial charge in [-0.3, -0.25) is 4.79 Å². The highest BCUT2D eigenvalue weighted by Crippen LogP contribution is 2.31. The molecule has 0 saturated carbocycles. The van der Waals surface area contributed by atoms with Crippen molar-refractivity contribution in [2.24, 2.45) is 5.10 Å². The summed E-state index contributed by atoms with van der Waals surface area (Å²) in [5, 5.41) is 8.05. The molecule has 0 aliphatic heterocycles. The Kier molecular flexibility index (Phi) is 5.86. The first-order chi connectivity index (χ1) is 18.0. The van der Waals surface area contributed by atoms with Crippen molar-refractivity contribution in [3.05, 3.63) is 117 Å². The minimum atomic E-state index is -0.788. The summed E-state index contributed by atoms with van der Waals surface area (Å²) >= 11 is 4.49. The van der Waals surface area contributed by atoms with Gasteiger partial charge >= 0.3 is 5.63 Å². The van der Waals surface area contributed by atoms with E-state index in [0.29, 0.717) is 21.2 Å². The molecule has 37 heavy (non-hydrogen) atoms. The third-order valence-corrected chi connectivity index (χ3v) is 7.30. The molecule has 0 spiro atoms. The second kappa shape index (κ2) is 9.34. The average molecular weight is 572 g/mol. The van der Waals surface area contributed by atoms with Crippen molar-refractivity contribution in [1.29, 1.82) is 0 Å². The van der Waals surface area contributed by atoms with Crippen LogP contribution < -0.4 is 10.6 Å². The number of aromatic nitrogens is 1. The number of hydrazone groups is 1. The summed E-state index contributed by atoms with van der Waals surface area (Å²) in [5.74, 6) is -1.13. The molecule has 2 aromatic heterocycles. The van der Waals surface area contributed by atoms with E-state index in [-0.39, 0.29) is 10.7 Å². The van der Waals surface area contributed by atoms with Gasteiger partial charge in [0.1, 0.15) is 17.0 Å². The van der Waals surface area contributed by atoms with Crippen LogP contribution in [0, 0.1) is 5.82 Å². The average Bonchev–Trinajstić information content (AvgIpc) is 3.32. The van der Waals surface area contributed by atoms with Crippen molar-refractivity contribution in [1.82, 2.24) is 4.98 Å². The van der Waals surface area contributed by atoms with Crippen molar-refractivity contribution in [2.45, 2.75) is 0 Å². The molecule has 1 amide bonds. The molecule has 6 nitrogen and oxygen atoms in total. The lowest BCUT2D eigenvalue weighted by molar-refractivity contribution is 0.0984. The van der Waals surface area contributed by atoms with Crippen LogP contribution in [0.15, 0.2) is 104 Å². The van der Waals surface area contributed by atoms with Crippen molar-refractivity contribution < 1.29 is 13.6 Å². The van der Waals surface area contributed by atoms with Crippen LogP contribution >= 0.6 is 27.3 Å². The predicted octanol–water partition coefficient (Wildman–Crippen LogP) is 7.14. The Morgan fingerprint density at radius 2 is 1.81 bits per heavy atom. The van der Waals surface area contributed by atoms with Gasteiger partial charge in [0.05, 0.1) is 16.4 Å². The SMILES string of the molecule is O=C(c1cc2c(ccc3ccccc32)oc1=O)N(/N=C/c1ccc(Br)cc1)c1nc2ccc(F)cc2s1. The minimum absolute atomic E-state index is 0.191. The van der Waals surface area contributed by atoms with Crippen molar-refractivity contribution in [2.75, 3.05) is 5.01 Å². The van der Waals surface area contributed by atoms with E-state index in [1.807, 2.05) is 54.6 Å². The van der Waals surface area contributed by atoms with E-state index >= 15 is 0 Å². The van der Waals surface area contributed by atoms with E-state index in [1.54, 1.807) is 6.07 Å². The first-order valence-electron chi connectivity index (χ1n) is 11.1. The van der Waals surface area contributed by atoms with Gasteiger partial charge in [0.2, 0.25) is 5.13 Å². The quantitative estimate of drug-likeness (QED) is 0.0975. The van der Waals surface area contributed by atoms with E-state index in [2.05, 4.69) is 26.0 Å². The largest absolute Gasteiger partial charge is 0.422 e. The fourth-order valence-electron chi connectivity index (χ4n) is 3.97. The molecular weight excluding hydrogens is 557 g/mol. The number of thiazole rings is 1. The first kappa shape index (κ1) is 23.2. The lowest BCUT2D eigenvalue weighted by Crippen LogP contribution is -2.30. The van der Waals surface area contributed by atoms with Crippen molar-refractivity contribution >= 4 is 76.5 Å². The highest BCUT2D eigenvalue weighted by Gasteiger charge is 2.25. The zero-order chi connectivity index (χ0) is 25.5. The van der Waals surface area contributed by atoms with Gasteiger partial charge in [-0.05, 0) is 58.8 Å². The highest BCUT2D eigenvalue weighted by atomic mass is 79.9. The smallest absolute Gasteiger partial charge is 0.349 e. The molecule has 6 rings (SSSR count). The molecule has 0 N–H and O–H groups in total. The standard InChI is InChI=1S/C28H15BrFN3O3S/c29-18-8-5-16(6-9-18)15-31-33(28-32-23-11-10-19(30)13-25(23)37-28)26(34)22-14-21-20-4-2-1-3-17(20)7-12-24(21)36-27(22)35/h1-15H/b31-15+. The Bertz CT molecular complexity index is 1910. The van der Waals surface area contributed by atoms with E-state index in [1.165, 1.54) is 30.5 Å². The molecule has 4 aromatic carbocycles. The molecule has 0 bridgehead atoms. The zero-order valence-electron chi connectivity index (χ0n) is 18.9. The van der Waals surface area contributed by atoms with Crippen molar-refractivity contribution in [3.63, 3.8) is 0 Å². The van der Waals surface area contributed by atoms with Crippen LogP contribution in [0.5, 0.6) is 0 Å². The monoisotopic (exact) mass is 571 g/mol. The lowest BCUT2D eigenvalue weighted by Gasteiger charge is -2.14. The lowest BCUT2D eigenvalue weighted by atomic mass is 10.0. The maximum absolute atomic E-state index is 13.8. The topological polar surface area (TPSA) is 75.8 Å². The fourth-order valence-corrected chi connectivity index (χ4v) is 5.18. The maximum atomic E-state index is 13.8. The second-order valence-electron chi connectivity index (χ2n) is 8.17. The molecule has 6 aromatic rings. The zero-order valence-corrected chi connectivity index (χ0v) is 21.3. The summed E-state index contributed by atoms with van der Waals surface area (Å²) < 4.78 is 20.8. The molecular formula is C28H15BrFN3O3S. The summed E-state index contributed by atoms with van der Waals surface area (Å²) in [4.78, 5) is 31.2. The van der Waals surface area contributed by atoms with E-state index in [4.69, 9.17) is 4.42 Å². The fraction of sp³-hybridized carbons (Fsp3) is 0. The molecule has 0 aliphatic carbocycles. The van der Waals surface area contributed by atoms with E-state index in [0.717, 1.165) is 37.2 Å². The number of fused-ring (bicyclic) bond motifs is 4. The summed E-state index contributed by atoms with van der Waals surface area (Å²) in [6, 6.07) is 24.2. The van der Waals surface area contributed by atoms with Crippen LogP contribution in [-0.4, -0.2) is 17.1 Å². The van der Waals surface area contributed by atoms with Gasteiger partial charge in [-0.25, -0.2) is 14.2 Å². The van der Waals surface area contributed by atoms with Gasteiger partial charge in [0.15, 0.2) is 0 Å². The first-order valence-corrected chi connectivity index (χ1v) is 12.7. The molecule has 0 saturated heterocycles.